The van der Waals surface area contributed by atoms with Gasteiger partial charge in [0.2, 0.25) is 0 Å². The van der Waals surface area contributed by atoms with Crippen molar-refractivity contribution < 1.29 is 14.3 Å². The second-order valence-corrected chi connectivity index (χ2v) is 7.64. The summed E-state index contributed by atoms with van der Waals surface area (Å²) in [6.45, 7) is 5.87. The number of hydrogen-bond donors (Lipinski definition) is 0. The van der Waals surface area contributed by atoms with Crippen molar-refractivity contribution in [3.05, 3.63) is 35.3 Å². The number of fused-ring (bicyclic) bond motifs is 1. The van der Waals surface area contributed by atoms with Crippen LogP contribution in [0.2, 0.25) is 0 Å². The van der Waals surface area contributed by atoms with E-state index in [-0.39, 0.29) is 17.9 Å². The lowest BCUT2D eigenvalue weighted by molar-refractivity contribution is -0.126. The highest BCUT2D eigenvalue weighted by Gasteiger charge is 2.30. The maximum absolute atomic E-state index is 12.4. The van der Waals surface area contributed by atoms with Gasteiger partial charge in [0, 0.05) is 24.3 Å². The molecule has 0 saturated carbocycles. The highest BCUT2D eigenvalue weighted by Crippen LogP contribution is 2.34. The van der Waals surface area contributed by atoms with E-state index >= 15 is 0 Å². The van der Waals surface area contributed by atoms with Gasteiger partial charge in [0.1, 0.15) is 0 Å². The number of nitriles is 1. The zero-order valence-electron chi connectivity index (χ0n) is 14.5. The number of amides is 1. The van der Waals surface area contributed by atoms with Crippen molar-refractivity contribution in [2.45, 2.75) is 38.2 Å². The minimum absolute atomic E-state index is 0.139. The number of hydrogen-bond acceptors (Lipinski definition) is 6. The summed E-state index contributed by atoms with van der Waals surface area (Å²) >= 11 is 1.60. The van der Waals surface area contributed by atoms with Gasteiger partial charge in [-0.05, 0) is 11.9 Å². The van der Waals surface area contributed by atoms with Crippen LogP contribution >= 0.6 is 11.3 Å². The van der Waals surface area contributed by atoms with Gasteiger partial charge in [-0.1, -0.05) is 18.5 Å². The first-order chi connectivity index (χ1) is 12.0. The molecule has 0 radical (unpaired) electrons. The molecular weight excluding hydrogens is 338 g/mol. The normalized spacial score (nSPS) is 19.9. The van der Waals surface area contributed by atoms with Crippen LogP contribution in [0.1, 0.15) is 31.7 Å². The average molecular weight is 358 g/mol. The smallest absolute Gasteiger partial charge is 0.313 e. The fraction of sp³-hybridized carbons (Fsp3) is 0.444. The molecule has 1 fully saturated rings. The lowest BCUT2D eigenvalue weighted by Gasteiger charge is -2.20. The van der Waals surface area contributed by atoms with Crippen molar-refractivity contribution in [2.75, 3.05) is 13.7 Å². The summed E-state index contributed by atoms with van der Waals surface area (Å²) in [6.07, 6.45) is 0.674. The SMILES string of the molecule is COC[C@H]1O[CH-][N+](=c2cc3sc(C(C)(C)CCC#N)nc3c[cH-]2)C1=O. The van der Waals surface area contributed by atoms with Crippen LogP contribution in [0.5, 0.6) is 0 Å². The second kappa shape index (κ2) is 7.00. The minimum atomic E-state index is -0.595. The molecular formula is C18H20N3O3S-. The molecule has 6 nitrogen and oxygen atoms in total. The number of carbonyl (C=O) groups excluding carboxylic acids is 1. The average Bonchev–Trinajstić information content (AvgIpc) is 3.17. The Morgan fingerprint density at radius 2 is 2.36 bits per heavy atom. The predicted octanol–water partition coefficient (Wildman–Crippen LogP) is 2.06. The summed E-state index contributed by atoms with van der Waals surface area (Å²) in [4.78, 5) is 17.1. The molecule has 1 amide bonds. The van der Waals surface area contributed by atoms with Crippen molar-refractivity contribution in [1.82, 2.24) is 9.56 Å². The lowest BCUT2D eigenvalue weighted by atomic mass is 9.89. The van der Waals surface area contributed by atoms with E-state index in [0.29, 0.717) is 6.42 Å². The van der Waals surface area contributed by atoms with Crippen molar-refractivity contribution >= 4 is 27.5 Å². The van der Waals surface area contributed by atoms with E-state index in [0.717, 1.165) is 27.0 Å². The summed E-state index contributed by atoms with van der Waals surface area (Å²) < 4.78 is 12.9. The Labute approximate surface area is 150 Å². The van der Waals surface area contributed by atoms with Crippen LogP contribution in [0, 0.1) is 18.1 Å². The molecule has 1 saturated heterocycles. The third-order valence-corrected chi connectivity index (χ3v) is 5.64. The molecule has 2 aromatic rings. The molecule has 1 aromatic heterocycles. The van der Waals surface area contributed by atoms with Crippen LogP contribution in [0.15, 0.2) is 18.2 Å². The van der Waals surface area contributed by atoms with Gasteiger partial charge in [-0.2, -0.15) is 17.4 Å². The Balaban J connectivity index is 1.98. The van der Waals surface area contributed by atoms with Crippen LogP contribution in [0.25, 0.3) is 10.2 Å². The number of ether oxygens (including phenoxy) is 2. The standard InChI is InChI=1S/C18H20N3O3S/c1-18(2,7-4-8-19)17-20-13-6-5-12(9-15(13)25-17)21-11-24-14(10-23-3)16(21)22/h5-6,9,11,14H,4,7,10H2,1-3H3/q-1/t14-/m1/s1. The molecule has 1 aliphatic rings. The number of carbonyl (C=O) groups is 1. The highest BCUT2D eigenvalue weighted by molar-refractivity contribution is 7.18. The number of thiazole rings is 1. The predicted molar refractivity (Wildman–Crippen MR) is 94.4 cm³/mol. The summed E-state index contributed by atoms with van der Waals surface area (Å²) in [6, 6.07) is 7.92. The number of benzene rings is 1. The third-order valence-electron chi connectivity index (χ3n) is 4.25. The van der Waals surface area contributed by atoms with Gasteiger partial charge in [0.05, 0.1) is 17.7 Å². The van der Waals surface area contributed by atoms with Gasteiger partial charge >= 0.3 is 5.91 Å². The van der Waals surface area contributed by atoms with E-state index < -0.39 is 6.10 Å². The molecule has 0 bridgehead atoms. The molecule has 2 heterocycles. The molecule has 3 rings (SSSR count). The van der Waals surface area contributed by atoms with Crippen LogP contribution in [-0.4, -0.2) is 30.7 Å². The molecule has 1 aliphatic heterocycles. The largest absolute Gasteiger partial charge is 0.382 e. The zero-order valence-corrected chi connectivity index (χ0v) is 15.3. The second-order valence-electron chi connectivity index (χ2n) is 6.61. The van der Waals surface area contributed by atoms with Crippen molar-refractivity contribution in [3.8, 4) is 6.07 Å². The fourth-order valence-corrected chi connectivity index (χ4v) is 3.81. The number of methoxy groups -OCH3 is 1. The van der Waals surface area contributed by atoms with Crippen LogP contribution in [0.3, 0.4) is 0 Å². The molecule has 0 spiro atoms. The van der Waals surface area contributed by atoms with E-state index in [1.807, 2.05) is 18.2 Å². The molecule has 0 N–H and O–H groups in total. The molecule has 0 unspecified atom stereocenters. The van der Waals surface area contributed by atoms with E-state index in [1.54, 1.807) is 11.3 Å². The van der Waals surface area contributed by atoms with Crippen LogP contribution in [-0.2, 0) is 19.7 Å². The summed E-state index contributed by atoms with van der Waals surface area (Å²) in [5.74, 6) is -0.139. The van der Waals surface area contributed by atoms with Gasteiger partial charge < -0.3 is 14.5 Å². The Bertz CT molecular complexity index is 904. The van der Waals surface area contributed by atoms with Crippen molar-refractivity contribution in [2.24, 2.45) is 0 Å². The van der Waals surface area contributed by atoms with Gasteiger partial charge in [0.25, 0.3) is 0 Å². The fourth-order valence-electron chi connectivity index (χ4n) is 2.68. The molecule has 1 atom stereocenters. The van der Waals surface area contributed by atoms with Crippen LogP contribution in [0.4, 0.5) is 0 Å². The van der Waals surface area contributed by atoms with Gasteiger partial charge in [-0.25, -0.2) is 0 Å². The third kappa shape index (κ3) is 3.47. The van der Waals surface area contributed by atoms with Crippen molar-refractivity contribution in [3.63, 3.8) is 0 Å². The van der Waals surface area contributed by atoms with E-state index in [2.05, 4.69) is 19.9 Å². The highest BCUT2D eigenvalue weighted by atomic mass is 32.1. The summed E-state index contributed by atoms with van der Waals surface area (Å²) in [5.41, 5.74) is 0.747. The first-order valence-electron chi connectivity index (χ1n) is 8.05. The van der Waals surface area contributed by atoms with E-state index in [9.17, 15) is 4.79 Å². The first kappa shape index (κ1) is 17.7. The molecule has 7 heteroatoms. The Morgan fingerprint density at radius 1 is 1.56 bits per heavy atom. The Kier molecular flexibility index (Phi) is 4.95. The molecule has 25 heavy (non-hydrogen) atoms. The Morgan fingerprint density at radius 3 is 3.08 bits per heavy atom. The minimum Gasteiger partial charge on any atom is -0.382 e. The maximum atomic E-state index is 12.4. The van der Waals surface area contributed by atoms with E-state index in [4.69, 9.17) is 19.7 Å². The molecule has 132 valence electrons. The summed E-state index contributed by atoms with van der Waals surface area (Å²) in [5, 5.41) is 10.6. The van der Waals surface area contributed by atoms with Crippen LogP contribution < -0.4 is 9.93 Å². The van der Waals surface area contributed by atoms with E-state index in [1.165, 1.54) is 18.4 Å². The van der Waals surface area contributed by atoms with Gasteiger partial charge in [0.15, 0.2) is 12.8 Å². The number of aromatic nitrogens is 1. The lowest BCUT2D eigenvalue weighted by Crippen LogP contribution is -2.34. The maximum Gasteiger partial charge on any atom is 0.313 e. The quantitative estimate of drug-likeness (QED) is 0.604. The summed E-state index contributed by atoms with van der Waals surface area (Å²) in [7, 11) is 1.54. The number of nitrogens with zero attached hydrogens (tertiary/aromatic N) is 3. The zero-order chi connectivity index (χ0) is 18.0. The number of rotatable bonds is 5. The molecule has 1 aromatic carbocycles. The van der Waals surface area contributed by atoms with Gasteiger partial charge in [-0.15, -0.1) is 17.4 Å². The first-order valence-corrected chi connectivity index (χ1v) is 8.87. The van der Waals surface area contributed by atoms with Crippen molar-refractivity contribution in [1.29, 1.82) is 5.26 Å². The Hall–Kier alpha value is -2.14. The topological polar surface area (TPSA) is 75.2 Å². The monoisotopic (exact) mass is 358 g/mol. The van der Waals surface area contributed by atoms with Gasteiger partial charge in [-0.3, -0.25) is 9.37 Å². The molecule has 0 aliphatic carbocycles.